The van der Waals surface area contributed by atoms with Gasteiger partial charge in [0.1, 0.15) is 10.7 Å². The van der Waals surface area contributed by atoms with Crippen LogP contribution in [0.3, 0.4) is 0 Å². The average molecular weight is 352 g/mol. The lowest BCUT2D eigenvalue weighted by molar-refractivity contribution is 0.222. The maximum atomic E-state index is 13.3. The summed E-state index contributed by atoms with van der Waals surface area (Å²) in [5, 5.41) is 0. The lowest BCUT2D eigenvalue weighted by Gasteiger charge is -2.31. The van der Waals surface area contributed by atoms with Crippen LogP contribution in [0.25, 0.3) is 0 Å². The molecule has 2 N–H and O–H groups in total. The van der Waals surface area contributed by atoms with Crippen LogP contribution < -0.4 is 5.73 Å². The van der Waals surface area contributed by atoms with Gasteiger partial charge in [-0.3, -0.25) is 0 Å². The Bertz CT molecular complexity index is 586. The maximum absolute atomic E-state index is 13.3. The zero-order chi connectivity index (χ0) is 14.2. The highest BCUT2D eigenvalue weighted by Crippen LogP contribution is 2.28. The van der Waals surface area contributed by atoms with Crippen LogP contribution in [0, 0.1) is 5.82 Å². The Morgan fingerprint density at radius 1 is 1.26 bits per heavy atom. The summed E-state index contributed by atoms with van der Waals surface area (Å²) in [5.74, 6) is -0.574. The van der Waals surface area contributed by atoms with Gasteiger partial charge in [-0.15, -0.1) is 0 Å². The SMILES string of the molecule is CN1CCN(S(=O)(=O)c2cc(Br)c(F)cc2N)CC1. The second kappa shape index (κ2) is 5.35. The molecule has 8 heteroatoms. The molecule has 1 aliphatic rings. The molecule has 0 spiro atoms. The molecule has 0 bridgehead atoms. The van der Waals surface area contributed by atoms with E-state index in [9.17, 15) is 12.8 Å². The van der Waals surface area contributed by atoms with Crippen molar-refractivity contribution in [3.05, 3.63) is 22.4 Å². The Balaban J connectivity index is 2.37. The van der Waals surface area contributed by atoms with Crippen molar-refractivity contribution < 1.29 is 12.8 Å². The number of sulfonamides is 1. The van der Waals surface area contributed by atoms with Crippen molar-refractivity contribution in [3.8, 4) is 0 Å². The normalized spacial score (nSPS) is 18.7. The molecule has 1 aliphatic heterocycles. The Morgan fingerprint density at radius 3 is 2.42 bits per heavy atom. The van der Waals surface area contributed by atoms with Gasteiger partial charge >= 0.3 is 0 Å². The number of likely N-dealkylation sites (N-methyl/N-ethyl adjacent to an activating group) is 1. The number of nitrogens with two attached hydrogens (primary N) is 1. The molecule has 1 aromatic rings. The minimum absolute atomic E-state index is 0.0506. The molecule has 1 saturated heterocycles. The topological polar surface area (TPSA) is 66.6 Å². The van der Waals surface area contributed by atoms with Gasteiger partial charge in [0, 0.05) is 26.2 Å². The first-order chi connectivity index (χ1) is 8.82. The van der Waals surface area contributed by atoms with E-state index in [4.69, 9.17) is 5.73 Å². The third-order valence-corrected chi connectivity index (χ3v) is 5.69. The molecule has 0 saturated carbocycles. The van der Waals surface area contributed by atoms with Crippen LogP contribution in [0.4, 0.5) is 10.1 Å². The van der Waals surface area contributed by atoms with Crippen LogP contribution in [0.15, 0.2) is 21.5 Å². The van der Waals surface area contributed by atoms with Gasteiger partial charge in [-0.2, -0.15) is 4.31 Å². The lowest BCUT2D eigenvalue weighted by Crippen LogP contribution is -2.47. The van der Waals surface area contributed by atoms with Crippen LogP contribution in [0.1, 0.15) is 0 Å². The molecule has 19 heavy (non-hydrogen) atoms. The molecule has 0 aromatic heterocycles. The summed E-state index contributed by atoms with van der Waals surface area (Å²) < 4.78 is 39.7. The summed E-state index contributed by atoms with van der Waals surface area (Å²) in [4.78, 5) is 2.00. The van der Waals surface area contributed by atoms with Crippen molar-refractivity contribution in [3.63, 3.8) is 0 Å². The van der Waals surface area contributed by atoms with Gasteiger partial charge in [-0.25, -0.2) is 12.8 Å². The van der Waals surface area contributed by atoms with Crippen LogP contribution >= 0.6 is 15.9 Å². The number of rotatable bonds is 2. The number of piperazine rings is 1. The molecule has 0 aliphatic carbocycles. The van der Waals surface area contributed by atoms with E-state index < -0.39 is 15.8 Å². The van der Waals surface area contributed by atoms with Gasteiger partial charge in [0.2, 0.25) is 10.0 Å². The van der Waals surface area contributed by atoms with Gasteiger partial charge < -0.3 is 10.6 Å². The van der Waals surface area contributed by atoms with Crippen LogP contribution in [-0.4, -0.2) is 50.8 Å². The summed E-state index contributed by atoms with van der Waals surface area (Å²) in [6.07, 6.45) is 0. The minimum Gasteiger partial charge on any atom is -0.398 e. The number of hydrogen-bond acceptors (Lipinski definition) is 4. The number of halogens is 2. The molecule has 5 nitrogen and oxygen atoms in total. The number of hydrogen-bond donors (Lipinski definition) is 1. The summed E-state index contributed by atoms with van der Waals surface area (Å²) in [6, 6.07) is 2.24. The summed E-state index contributed by atoms with van der Waals surface area (Å²) in [5.41, 5.74) is 5.56. The highest BCUT2D eigenvalue weighted by Gasteiger charge is 2.29. The van der Waals surface area contributed by atoms with Gasteiger partial charge in [-0.1, -0.05) is 0 Å². The molecular weight excluding hydrogens is 337 g/mol. The Labute approximate surface area is 120 Å². The predicted octanol–water partition coefficient (Wildman–Crippen LogP) is 1.11. The molecule has 0 radical (unpaired) electrons. The van der Waals surface area contributed by atoms with Gasteiger partial charge in [0.15, 0.2) is 0 Å². The first-order valence-electron chi connectivity index (χ1n) is 5.75. The van der Waals surface area contributed by atoms with E-state index in [-0.39, 0.29) is 15.1 Å². The molecule has 1 fully saturated rings. The van der Waals surface area contributed by atoms with E-state index >= 15 is 0 Å². The highest BCUT2D eigenvalue weighted by molar-refractivity contribution is 9.10. The highest BCUT2D eigenvalue weighted by atomic mass is 79.9. The average Bonchev–Trinajstić information content (AvgIpc) is 2.34. The molecule has 1 aromatic carbocycles. The van der Waals surface area contributed by atoms with E-state index in [0.29, 0.717) is 26.2 Å². The number of benzene rings is 1. The fourth-order valence-corrected chi connectivity index (χ4v) is 3.98. The zero-order valence-electron chi connectivity index (χ0n) is 10.4. The Morgan fingerprint density at radius 2 is 1.84 bits per heavy atom. The minimum atomic E-state index is -3.67. The smallest absolute Gasteiger partial charge is 0.245 e. The van der Waals surface area contributed by atoms with E-state index in [1.165, 1.54) is 10.4 Å². The molecule has 106 valence electrons. The Hall–Kier alpha value is -0.700. The third kappa shape index (κ3) is 2.91. The maximum Gasteiger partial charge on any atom is 0.245 e. The molecule has 1 heterocycles. The van der Waals surface area contributed by atoms with Crippen molar-refractivity contribution in [2.45, 2.75) is 4.90 Å². The number of nitrogen functional groups attached to an aromatic ring is 1. The van der Waals surface area contributed by atoms with Gasteiger partial charge in [-0.05, 0) is 35.1 Å². The quantitative estimate of drug-likeness (QED) is 0.810. The standard InChI is InChI=1S/C11H15BrFN3O2S/c1-15-2-4-16(5-3-15)19(17,18)11-6-8(12)9(13)7-10(11)14/h6-7H,2-5,14H2,1H3. The Kier molecular flexibility index (Phi) is 4.14. The van der Waals surface area contributed by atoms with Gasteiger partial charge in [0.05, 0.1) is 10.2 Å². The number of nitrogens with zero attached hydrogens (tertiary/aromatic N) is 2. The van der Waals surface area contributed by atoms with Gasteiger partial charge in [0.25, 0.3) is 0 Å². The van der Waals surface area contributed by atoms with Crippen molar-refractivity contribution >= 4 is 31.6 Å². The van der Waals surface area contributed by atoms with Crippen molar-refractivity contribution in [2.75, 3.05) is 39.0 Å². The second-order valence-corrected chi connectivity index (χ2v) is 7.27. The van der Waals surface area contributed by atoms with Crippen LogP contribution in [0.5, 0.6) is 0 Å². The number of anilines is 1. The van der Waals surface area contributed by atoms with E-state index in [1.54, 1.807) is 0 Å². The fourth-order valence-electron chi connectivity index (χ4n) is 1.93. The molecule has 0 unspecified atom stereocenters. The third-order valence-electron chi connectivity index (χ3n) is 3.13. The van der Waals surface area contributed by atoms with E-state index in [1.807, 2.05) is 7.05 Å². The first kappa shape index (κ1) is 14.7. The summed E-state index contributed by atoms with van der Waals surface area (Å²) in [6.45, 7) is 2.16. The fraction of sp³-hybridized carbons (Fsp3) is 0.455. The first-order valence-corrected chi connectivity index (χ1v) is 7.99. The molecule has 0 amide bonds. The second-order valence-electron chi connectivity index (χ2n) is 4.51. The molecule has 2 rings (SSSR count). The summed E-state index contributed by atoms with van der Waals surface area (Å²) >= 11 is 2.98. The largest absolute Gasteiger partial charge is 0.398 e. The summed E-state index contributed by atoms with van der Waals surface area (Å²) in [7, 11) is -1.73. The molecular formula is C11H15BrFN3O2S. The monoisotopic (exact) mass is 351 g/mol. The van der Waals surface area contributed by atoms with Crippen LogP contribution in [0.2, 0.25) is 0 Å². The van der Waals surface area contributed by atoms with Crippen molar-refractivity contribution in [2.24, 2.45) is 0 Å². The van der Waals surface area contributed by atoms with Crippen molar-refractivity contribution in [1.29, 1.82) is 0 Å². The zero-order valence-corrected chi connectivity index (χ0v) is 12.8. The van der Waals surface area contributed by atoms with E-state index in [2.05, 4.69) is 20.8 Å². The lowest BCUT2D eigenvalue weighted by atomic mass is 10.3. The van der Waals surface area contributed by atoms with E-state index in [0.717, 1.165) is 6.07 Å². The van der Waals surface area contributed by atoms with Crippen molar-refractivity contribution in [1.82, 2.24) is 9.21 Å². The van der Waals surface area contributed by atoms with Crippen LogP contribution in [-0.2, 0) is 10.0 Å². The molecule has 0 atom stereocenters. The predicted molar refractivity (Wildman–Crippen MR) is 74.8 cm³/mol.